The Balaban J connectivity index is 1.61. The zero-order chi connectivity index (χ0) is 25.1. The minimum atomic E-state index is -3.37. The molecule has 0 amide bonds. The summed E-state index contributed by atoms with van der Waals surface area (Å²) in [7, 11) is -3.37. The Hall–Kier alpha value is -3.23. The lowest BCUT2D eigenvalue weighted by Crippen LogP contribution is -1.95. The Kier molecular flexibility index (Phi) is 7.07. The van der Waals surface area contributed by atoms with E-state index < -0.39 is 7.29 Å². The van der Waals surface area contributed by atoms with Crippen molar-refractivity contribution in [1.82, 2.24) is 4.57 Å². The summed E-state index contributed by atoms with van der Waals surface area (Å²) in [5.74, 6) is 3.16. The van der Waals surface area contributed by atoms with E-state index in [1.807, 2.05) is 84.9 Å². The molecule has 5 aromatic rings. The molecule has 1 unspecified atom stereocenters. The fourth-order valence-electron chi connectivity index (χ4n) is 4.45. The number of nitrogens with zero attached hydrogens (tertiary/aromatic N) is 1. The molecule has 3 nitrogen and oxygen atoms in total. The van der Waals surface area contributed by atoms with Crippen LogP contribution in [-0.4, -0.2) is 4.57 Å². The molecule has 0 bridgehead atoms. The van der Waals surface area contributed by atoms with Crippen LogP contribution >= 0.6 is 30.5 Å². The van der Waals surface area contributed by atoms with Gasteiger partial charge in [0, 0.05) is 45.7 Å². The van der Waals surface area contributed by atoms with Crippen molar-refractivity contribution in [2.75, 3.05) is 5.09 Å². The van der Waals surface area contributed by atoms with E-state index in [-0.39, 0.29) is 0 Å². The van der Waals surface area contributed by atoms with Crippen molar-refractivity contribution in [2.24, 2.45) is 0 Å². The molecule has 180 valence electrons. The van der Waals surface area contributed by atoms with E-state index in [2.05, 4.69) is 34.8 Å². The SMILES string of the molecule is CCn1c2ccccc2c2cc(NP(=O)(C=C(Cl)c3ccccc3)/C=C(/Cl)c3ccccc3)ccc21. The maximum Gasteiger partial charge on any atom is 0.216 e. The van der Waals surface area contributed by atoms with Gasteiger partial charge in [0.2, 0.25) is 7.29 Å². The highest BCUT2D eigenvalue weighted by Crippen LogP contribution is 2.54. The Morgan fingerprint density at radius 2 is 1.28 bits per heavy atom. The van der Waals surface area contributed by atoms with E-state index >= 15 is 0 Å². The Labute approximate surface area is 221 Å². The van der Waals surface area contributed by atoms with Gasteiger partial charge in [-0.25, -0.2) is 0 Å². The molecule has 4 aromatic carbocycles. The van der Waals surface area contributed by atoms with Crippen LogP contribution in [-0.2, 0) is 11.1 Å². The van der Waals surface area contributed by atoms with Crippen molar-refractivity contribution < 1.29 is 4.57 Å². The second-order valence-electron chi connectivity index (χ2n) is 8.50. The first kappa shape index (κ1) is 24.5. The number of anilines is 1. The van der Waals surface area contributed by atoms with Crippen molar-refractivity contribution in [1.29, 1.82) is 0 Å². The second-order valence-corrected chi connectivity index (χ2v) is 11.5. The molecule has 1 N–H and O–H groups in total. The minimum Gasteiger partial charge on any atom is -0.341 e. The highest BCUT2D eigenvalue weighted by atomic mass is 35.5. The molecule has 36 heavy (non-hydrogen) atoms. The van der Waals surface area contributed by atoms with Crippen LogP contribution in [0.4, 0.5) is 5.69 Å². The van der Waals surface area contributed by atoms with Crippen LogP contribution < -0.4 is 5.09 Å². The Bertz CT molecular complexity index is 1580. The van der Waals surface area contributed by atoms with Crippen molar-refractivity contribution in [2.45, 2.75) is 13.5 Å². The standard InChI is InChI=1S/C30H25Cl2N2OP/c1-2-34-29-16-10-9-15-25(29)26-19-24(17-18-30(26)34)33-36(35,20-27(31)22-11-5-3-6-12-22)21-28(32)23-13-7-4-8-14-23/h3-21H,2H2,1H3,(H,33,35)/b27-20+,28-21?. The van der Waals surface area contributed by atoms with E-state index in [1.165, 1.54) is 5.52 Å². The first-order chi connectivity index (χ1) is 17.5. The summed E-state index contributed by atoms with van der Waals surface area (Å²) in [4.78, 5) is 0. The highest BCUT2D eigenvalue weighted by molar-refractivity contribution is 7.72. The lowest BCUT2D eigenvalue weighted by molar-refractivity contribution is 0.589. The van der Waals surface area contributed by atoms with Gasteiger partial charge in [0.1, 0.15) is 0 Å². The monoisotopic (exact) mass is 530 g/mol. The fourth-order valence-corrected chi connectivity index (χ4v) is 7.29. The third kappa shape index (κ3) is 5.01. The summed E-state index contributed by atoms with van der Waals surface area (Å²) in [6.45, 7) is 3.00. The van der Waals surface area contributed by atoms with Gasteiger partial charge >= 0.3 is 0 Å². The summed E-state index contributed by atoms with van der Waals surface area (Å²) < 4.78 is 16.7. The maximum absolute atomic E-state index is 14.4. The number of hydrogen-bond donors (Lipinski definition) is 1. The van der Waals surface area contributed by atoms with Gasteiger partial charge in [-0.2, -0.15) is 0 Å². The summed E-state index contributed by atoms with van der Waals surface area (Å²) in [5.41, 5.74) is 4.61. The number of para-hydroxylation sites is 1. The van der Waals surface area contributed by atoms with Crippen LogP contribution in [0.5, 0.6) is 0 Å². The molecule has 0 spiro atoms. The van der Waals surface area contributed by atoms with Crippen molar-refractivity contribution in [3.8, 4) is 0 Å². The van der Waals surface area contributed by atoms with Crippen LogP contribution in [0.1, 0.15) is 18.1 Å². The molecule has 0 aliphatic rings. The average molecular weight is 531 g/mol. The molecule has 0 saturated heterocycles. The quantitative estimate of drug-likeness (QED) is 0.212. The van der Waals surface area contributed by atoms with E-state index in [9.17, 15) is 4.57 Å². The number of aromatic nitrogens is 1. The number of hydrogen-bond acceptors (Lipinski definition) is 1. The largest absolute Gasteiger partial charge is 0.341 e. The van der Waals surface area contributed by atoms with Gasteiger partial charge in [0.15, 0.2) is 0 Å². The van der Waals surface area contributed by atoms with Crippen LogP contribution in [0, 0.1) is 0 Å². The fraction of sp³-hybridized carbons (Fsp3) is 0.0667. The number of benzene rings is 4. The van der Waals surface area contributed by atoms with E-state index in [0.29, 0.717) is 10.1 Å². The number of rotatable bonds is 7. The Morgan fingerprint density at radius 3 is 1.86 bits per heavy atom. The first-order valence-corrected chi connectivity index (χ1v) is 14.3. The first-order valence-electron chi connectivity index (χ1n) is 11.7. The summed E-state index contributed by atoms with van der Waals surface area (Å²) in [5, 5.41) is 6.30. The molecule has 1 aromatic heterocycles. The van der Waals surface area contributed by atoms with Gasteiger partial charge in [-0.05, 0) is 42.3 Å². The van der Waals surface area contributed by atoms with Gasteiger partial charge in [0.25, 0.3) is 0 Å². The van der Waals surface area contributed by atoms with Gasteiger partial charge in [-0.3, -0.25) is 4.57 Å². The number of aryl methyl sites for hydroxylation is 1. The van der Waals surface area contributed by atoms with Gasteiger partial charge in [-0.15, -0.1) is 0 Å². The van der Waals surface area contributed by atoms with Crippen molar-refractivity contribution in [3.63, 3.8) is 0 Å². The average Bonchev–Trinajstić information content (AvgIpc) is 3.22. The predicted octanol–water partition coefficient (Wildman–Crippen LogP) is 9.98. The molecule has 1 atom stereocenters. The molecule has 5 rings (SSSR count). The molecule has 6 heteroatoms. The molecule has 0 aliphatic heterocycles. The van der Waals surface area contributed by atoms with Crippen LogP contribution in [0.25, 0.3) is 31.9 Å². The summed E-state index contributed by atoms with van der Waals surface area (Å²) >= 11 is 13.3. The molecular formula is C30H25Cl2N2OP. The van der Waals surface area contributed by atoms with E-state index in [4.69, 9.17) is 23.2 Å². The van der Waals surface area contributed by atoms with Gasteiger partial charge in [0.05, 0.1) is 10.1 Å². The molecule has 0 radical (unpaired) electrons. The lowest BCUT2D eigenvalue weighted by Gasteiger charge is -2.16. The third-order valence-corrected chi connectivity index (χ3v) is 8.95. The molecule has 0 fully saturated rings. The highest BCUT2D eigenvalue weighted by Gasteiger charge is 2.20. The molecule has 1 heterocycles. The van der Waals surface area contributed by atoms with Gasteiger partial charge < -0.3 is 9.65 Å². The van der Waals surface area contributed by atoms with Gasteiger partial charge in [-0.1, -0.05) is 102 Å². The number of nitrogens with one attached hydrogen (secondary N) is 1. The normalized spacial score (nSPS) is 14.2. The topological polar surface area (TPSA) is 34.0 Å². The van der Waals surface area contributed by atoms with E-state index in [0.717, 1.165) is 39.6 Å². The predicted molar refractivity (Wildman–Crippen MR) is 157 cm³/mol. The van der Waals surface area contributed by atoms with Crippen LogP contribution in [0.15, 0.2) is 115 Å². The molecular weight excluding hydrogens is 506 g/mol. The zero-order valence-electron chi connectivity index (χ0n) is 19.7. The number of fused-ring (bicyclic) bond motifs is 3. The van der Waals surface area contributed by atoms with Crippen LogP contribution in [0.3, 0.4) is 0 Å². The second kappa shape index (κ2) is 10.4. The summed E-state index contributed by atoms with van der Waals surface area (Å²) in [6.07, 6.45) is 0. The minimum absolute atomic E-state index is 0.392. The van der Waals surface area contributed by atoms with Crippen molar-refractivity contribution >= 4 is 68.1 Å². The summed E-state index contributed by atoms with van der Waals surface area (Å²) in [6, 6.07) is 33.4. The molecule has 0 aliphatic carbocycles. The van der Waals surface area contributed by atoms with Crippen LogP contribution in [0.2, 0.25) is 0 Å². The number of halogens is 2. The van der Waals surface area contributed by atoms with E-state index in [1.54, 1.807) is 11.6 Å². The maximum atomic E-state index is 14.4. The van der Waals surface area contributed by atoms with Crippen molar-refractivity contribution in [3.05, 3.63) is 126 Å². The smallest absolute Gasteiger partial charge is 0.216 e. The zero-order valence-corrected chi connectivity index (χ0v) is 22.1. The molecule has 0 saturated carbocycles. The lowest BCUT2D eigenvalue weighted by atomic mass is 10.1. The Morgan fingerprint density at radius 1 is 0.750 bits per heavy atom. The third-order valence-electron chi connectivity index (χ3n) is 6.10.